The minimum absolute atomic E-state index is 0.00166. The molecule has 2 aliphatic carbocycles. The van der Waals surface area contributed by atoms with Crippen LogP contribution in [0, 0.1) is 11.8 Å². The number of carbonyl (C=O) groups excluding carboxylic acids is 2. The molecule has 2 aliphatic rings. The van der Waals surface area contributed by atoms with Crippen molar-refractivity contribution in [3.8, 4) is 0 Å². The highest BCUT2D eigenvalue weighted by Crippen LogP contribution is 2.40. The van der Waals surface area contributed by atoms with Gasteiger partial charge in [-0.1, -0.05) is 23.2 Å². The van der Waals surface area contributed by atoms with Crippen molar-refractivity contribution < 1.29 is 9.59 Å². The molecular formula is C14H14Cl2N2O2. The second kappa shape index (κ2) is 5.26. The summed E-state index contributed by atoms with van der Waals surface area (Å²) in [7, 11) is 0. The summed E-state index contributed by atoms with van der Waals surface area (Å²) in [5.41, 5.74) is 0.595. The minimum atomic E-state index is -0.233. The van der Waals surface area contributed by atoms with Crippen molar-refractivity contribution in [2.75, 3.05) is 5.32 Å². The third kappa shape index (κ3) is 3.07. The molecular weight excluding hydrogens is 299 g/mol. The van der Waals surface area contributed by atoms with E-state index in [9.17, 15) is 9.59 Å². The Hall–Kier alpha value is -1.26. The average molecular weight is 313 g/mol. The molecule has 0 aromatic heterocycles. The van der Waals surface area contributed by atoms with Crippen LogP contribution in [0.4, 0.5) is 5.69 Å². The number of rotatable bonds is 4. The Balaban J connectivity index is 1.54. The van der Waals surface area contributed by atoms with Crippen LogP contribution in [0.1, 0.15) is 19.3 Å². The van der Waals surface area contributed by atoms with Gasteiger partial charge in [0.15, 0.2) is 0 Å². The first-order chi connectivity index (χ1) is 9.54. The Morgan fingerprint density at radius 2 is 1.75 bits per heavy atom. The van der Waals surface area contributed by atoms with Crippen LogP contribution in [0.25, 0.3) is 0 Å². The molecule has 106 valence electrons. The first-order valence-corrected chi connectivity index (χ1v) is 7.36. The summed E-state index contributed by atoms with van der Waals surface area (Å²) in [4.78, 5) is 23.8. The molecule has 2 amide bonds. The van der Waals surface area contributed by atoms with Crippen molar-refractivity contribution in [1.82, 2.24) is 5.32 Å². The zero-order chi connectivity index (χ0) is 14.3. The molecule has 0 spiro atoms. The van der Waals surface area contributed by atoms with Crippen LogP contribution in [-0.4, -0.2) is 17.9 Å². The third-order valence-electron chi connectivity index (χ3n) is 3.57. The van der Waals surface area contributed by atoms with Crippen LogP contribution in [0.15, 0.2) is 18.2 Å². The van der Waals surface area contributed by atoms with E-state index in [0.717, 1.165) is 12.8 Å². The number of amides is 2. The third-order valence-corrected chi connectivity index (χ3v) is 4.31. The van der Waals surface area contributed by atoms with Crippen molar-refractivity contribution in [2.45, 2.75) is 25.3 Å². The molecule has 3 rings (SSSR count). The molecule has 0 bridgehead atoms. The average Bonchev–Trinajstić information content (AvgIpc) is 3.24. The first-order valence-electron chi connectivity index (χ1n) is 6.61. The number of nitrogens with one attached hydrogen (secondary N) is 2. The lowest BCUT2D eigenvalue weighted by atomic mass is 10.2. The summed E-state index contributed by atoms with van der Waals surface area (Å²) < 4.78 is 0. The van der Waals surface area contributed by atoms with Crippen LogP contribution in [0.3, 0.4) is 0 Å². The van der Waals surface area contributed by atoms with Gasteiger partial charge < -0.3 is 10.6 Å². The predicted octanol–water partition coefficient (Wildman–Crippen LogP) is 2.85. The van der Waals surface area contributed by atoms with E-state index in [2.05, 4.69) is 10.6 Å². The highest BCUT2D eigenvalue weighted by atomic mass is 35.5. The topological polar surface area (TPSA) is 58.2 Å². The van der Waals surface area contributed by atoms with Crippen molar-refractivity contribution >= 4 is 40.7 Å². The van der Waals surface area contributed by atoms with Gasteiger partial charge in [0, 0.05) is 11.7 Å². The molecule has 2 fully saturated rings. The SMILES string of the molecule is O=C(Nc1ccc(Cl)c(Cl)c1)C1CC1C(=O)NC1CC1. The van der Waals surface area contributed by atoms with Crippen LogP contribution in [0.5, 0.6) is 0 Å². The Kier molecular flexibility index (Phi) is 3.61. The second-order valence-electron chi connectivity index (χ2n) is 5.35. The molecule has 0 heterocycles. The molecule has 0 radical (unpaired) electrons. The van der Waals surface area contributed by atoms with Crippen LogP contribution in [0.2, 0.25) is 10.0 Å². The predicted molar refractivity (Wildman–Crippen MR) is 77.9 cm³/mol. The van der Waals surface area contributed by atoms with Gasteiger partial charge in [-0.05, 0) is 37.5 Å². The summed E-state index contributed by atoms with van der Waals surface area (Å²) in [5.74, 6) is -0.553. The quantitative estimate of drug-likeness (QED) is 0.898. The normalized spacial score (nSPS) is 24.1. The van der Waals surface area contributed by atoms with E-state index < -0.39 is 0 Å². The molecule has 2 unspecified atom stereocenters. The van der Waals surface area contributed by atoms with Crippen LogP contribution >= 0.6 is 23.2 Å². The zero-order valence-electron chi connectivity index (χ0n) is 10.7. The van der Waals surface area contributed by atoms with Crippen molar-refractivity contribution in [2.24, 2.45) is 11.8 Å². The maximum absolute atomic E-state index is 12.0. The van der Waals surface area contributed by atoms with Crippen molar-refractivity contribution in [1.29, 1.82) is 0 Å². The maximum atomic E-state index is 12.0. The number of halogens is 2. The Bertz CT molecular complexity index is 572. The Morgan fingerprint density at radius 3 is 2.40 bits per heavy atom. The monoisotopic (exact) mass is 312 g/mol. The number of benzene rings is 1. The van der Waals surface area contributed by atoms with Crippen molar-refractivity contribution in [3.63, 3.8) is 0 Å². The summed E-state index contributed by atoms with van der Waals surface area (Å²) in [5, 5.41) is 6.52. The molecule has 4 nitrogen and oxygen atoms in total. The lowest BCUT2D eigenvalue weighted by Gasteiger charge is -2.06. The largest absolute Gasteiger partial charge is 0.353 e. The molecule has 0 aliphatic heterocycles. The van der Waals surface area contributed by atoms with Gasteiger partial charge in [-0.3, -0.25) is 9.59 Å². The Morgan fingerprint density at radius 1 is 1.05 bits per heavy atom. The van der Waals surface area contributed by atoms with Crippen molar-refractivity contribution in [3.05, 3.63) is 28.2 Å². The van der Waals surface area contributed by atoms with E-state index in [4.69, 9.17) is 23.2 Å². The smallest absolute Gasteiger partial charge is 0.228 e. The fraction of sp³-hybridized carbons (Fsp3) is 0.429. The molecule has 20 heavy (non-hydrogen) atoms. The summed E-state index contributed by atoms with van der Waals surface area (Å²) in [6.07, 6.45) is 2.73. The number of carbonyl (C=O) groups is 2. The highest BCUT2D eigenvalue weighted by molar-refractivity contribution is 6.42. The van der Waals surface area contributed by atoms with E-state index in [-0.39, 0.29) is 23.7 Å². The molecule has 2 atom stereocenters. The lowest BCUT2D eigenvalue weighted by molar-refractivity contribution is -0.125. The van der Waals surface area contributed by atoms with Crippen LogP contribution in [-0.2, 0) is 9.59 Å². The van der Waals surface area contributed by atoms with Gasteiger partial charge in [0.1, 0.15) is 0 Å². The number of hydrogen-bond acceptors (Lipinski definition) is 2. The maximum Gasteiger partial charge on any atom is 0.228 e. The molecule has 1 aromatic carbocycles. The summed E-state index contributed by atoms with van der Waals surface area (Å²) in [6.45, 7) is 0. The fourth-order valence-electron chi connectivity index (χ4n) is 2.12. The standard InChI is InChI=1S/C14H14Cl2N2O2/c15-11-4-3-8(5-12(11)16)18-14(20)10-6-9(10)13(19)17-7-1-2-7/h3-5,7,9-10H,1-2,6H2,(H,17,19)(H,18,20). The molecule has 2 N–H and O–H groups in total. The van der Waals surface area contributed by atoms with E-state index in [1.807, 2.05) is 0 Å². The summed E-state index contributed by atoms with van der Waals surface area (Å²) >= 11 is 11.7. The number of anilines is 1. The van der Waals surface area contributed by atoms with Gasteiger partial charge in [0.05, 0.1) is 21.9 Å². The van der Waals surface area contributed by atoms with E-state index in [1.54, 1.807) is 18.2 Å². The Labute approximate surface area is 126 Å². The number of hydrogen-bond donors (Lipinski definition) is 2. The summed E-state index contributed by atoms with van der Waals surface area (Å²) in [6, 6.07) is 5.25. The van der Waals surface area contributed by atoms with Gasteiger partial charge in [-0.25, -0.2) is 0 Å². The molecule has 6 heteroatoms. The van der Waals surface area contributed by atoms with E-state index in [0.29, 0.717) is 28.2 Å². The van der Waals surface area contributed by atoms with Gasteiger partial charge in [-0.15, -0.1) is 0 Å². The van der Waals surface area contributed by atoms with Gasteiger partial charge in [-0.2, -0.15) is 0 Å². The molecule has 1 aromatic rings. The molecule has 2 saturated carbocycles. The molecule has 0 saturated heterocycles. The fourth-order valence-corrected chi connectivity index (χ4v) is 2.42. The van der Waals surface area contributed by atoms with E-state index >= 15 is 0 Å². The second-order valence-corrected chi connectivity index (χ2v) is 6.16. The van der Waals surface area contributed by atoms with Gasteiger partial charge in [0.25, 0.3) is 0 Å². The van der Waals surface area contributed by atoms with Crippen LogP contribution < -0.4 is 10.6 Å². The zero-order valence-corrected chi connectivity index (χ0v) is 12.2. The van der Waals surface area contributed by atoms with Gasteiger partial charge >= 0.3 is 0 Å². The highest BCUT2D eigenvalue weighted by Gasteiger charge is 2.48. The minimum Gasteiger partial charge on any atom is -0.353 e. The lowest BCUT2D eigenvalue weighted by Crippen LogP contribution is -2.29. The van der Waals surface area contributed by atoms with E-state index in [1.165, 1.54) is 0 Å². The first kappa shape index (κ1) is 13.7. The van der Waals surface area contributed by atoms with Gasteiger partial charge in [0.2, 0.25) is 11.8 Å².